The second-order valence-electron chi connectivity index (χ2n) is 4.29. The quantitative estimate of drug-likeness (QED) is 0.537. The maximum atomic E-state index is 11.5. The zero-order valence-electron chi connectivity index (χ0n) is 8.80. The topological polar surface area (TPSA) is 76.4 Å². The largest absolute Gasteiger partial charge is 0.378 e. The first-order valence-electron chi connectivity index (χ1n) is 4.87. The van der Waals surface area contributed by atoms with Crippen LogP contribution in [0.2, 0.25) is 0 Å². The smallest absolute Gasteiger partial charge is 0.239 e. The molecule has 0 aliphatic carbocycles. The summed E-state index contributed by atoms with van der Waals surface area (Å²) in [4.78, 5) is 11.5. The summed E-state index contributed by atoms with van der Waals surface area (Å²) in [7, 11) is 0. The van der Waals surface area contributed by atoms with E-state index in [2.05, 4.69) is 10.6 Å². The van der Waals surface area contributed by atoms with E-state index in [1.165, 1.54) is 0 Å². The number of rotatable bonds is 3. The number of ether oxygens (including phenoxy) is 1. The molecule has 14 heavy (non-hydrogen) atoms. The van der Waals surface area contributed by atoms with Gasteiger partial charge in [-0.15, -0.1) is 0 Å². The minimum Gasteiger partial charge on any atom is -0.378 e. The van der Waals surface area contributed by atoms with Crippen LogP contribution in [-0.4, -0.2) is 43.8 Å². The standard InChI is InChI=1S/C9H19N3O2/c1-9(2,10)6-12-8(13)7-5-14-4-3-11-7/h7,11H,3-6,10H2,1-2H3,(H,12,13)/t7-/m1/s1. The fourth-order valence-electron chi connectivity index (χ4n) is 1.17. The third-order valence-electron chi connectivity index (χ3n) is 1.96. The Hall–Kier alpha value is -0.650. The van der Waals surface area contributed by atoms with Crippen LogP contribution in [0.3, 0.4) is 0 Å². The molecule has 82 valence electrons. The Balaban J connectivity index is 2.27. The first-order valence-corrected chi connectivity index (χ1v) is 4.87. The summed E-state index contributed by atoms with van der Waals surface area (Å²) in [6, 6.07) is -0.230. The van der Waals surface area contributed by atoms with Crippen LogP contribution in [0.5, 0.6) is 0 Å². The molecule has 1 amide bonds. The van der Waals surface area contributed by atoms with Crippen molar-refractivity contribution in [3.63, 3.8) is 0 Å². The lowest BCUT2D eigenvalue weighted by Gasteiger charge is -2.25. The van der Waals surface area contributed by atoms with Crippen molar-refractivity contribution >= 4 is 5.91 Å². The molecule has 0 aromatic carbocycles. The van der Waals surface area contributed by atoms with Crippen molar-refractivity contribution in [2.45, 2.75) is 25.4 Å². The minimum absolute atomic E-state index is 0.0387. The van der Waals surface area contributed by atoms with Crippen molar-refractivity contribution in [3.8, 4) is 0 Å². The van der Waals surface area contributed by atoms with Gasteiger partial charge in [-0.3, -0.25) is 4.79 Å². The molecule has 0 unspecified atom stereocenters. The Labute approximate surface area is 84.4 Å². The second-order valence-corrected chi connectivity index (χ2v) is 4.29. The van der Waals surface area contributed by atoms with E-state index in [1.807, 2.05) is 13.8 Å². The highest BCUT2D eigenvalue weighted by molar-refractivity contribution is 5.82. The summed E-state index contributed by atoms with van der Waals surface area (Å²) in [5, 5.41) is 5.86. The predicted molar refractivity (Wildman–Crippen MR) is 53.9 cm³/mol. The zero-order valence-corrected chi connectivity index (χ0v) is 8.80. The fourth-order valence-corrected chi connectivity index (χ4v) is 1.17. The first-order chi connectivity index (χ1) is 6.49. The molecule has 1 fully saturated rings. The highest BCUT2D eigenvalue weighted by atomic mass is 16.5. The normalized spacial score (nSPS) is 23.2. The molecule has 5 heteroatoms. The Morgan fingerprint density at radius 1 is 1.71 bits per heavy atom. The molecule has 0 aromatic heterocycles. The van der Waals surface area contributed by atoms with Gasteiger partial charge in [0, 0.05) is 18.6 Å². The number of morpholine rings is 1. The van der Waals surface area contributed by atoms with Crippen LogP contribution in [0.4, 0.5) is 0 Å². The molecule has 1 aliphatic heterocycles. The van der Waals surface area contributed by atoms with E-state index in [4.69, 9.17) is 10.5 Å². The lowest BCUT2D eigenvalue weighted by Crippen LogP contribution is -2.54. The van der Waals surface area contributed by atoms with Crippen molar-refractivity contribution < 1.29 is 9.53 Å². The van der Waals surface area contributed by atoms with Crippen LogP contribution in [0.25, 0.3) is 0 Å². The van der Waals surface area contributed by atoms with Crippen LogP contribution in [0, 0.1) is 0 Å². The summed E-state index contributed by atoms with van der Waals surface area (Å²) in [5.41, 5.74) is 5.38. The zero-order chi connectivity index (χ0) is 10.6. The molecular weight excluding hydrogens is 182 g/mol. The Bertz CT molecular complexity index is 195. The van der Waals surface area contributed by atoms with Gasteiger partial charge in [0.2, 0.25) is 5.91 Å². The van der Waals surface area contributed by atoms with Gasteiger partial charge in [0.05, 0.1) is 13.2 Å². The van der Waals surface area contributed by atoms with Crippen LogP contribution >= 0.6 is 0 Å². The van der Waals surface area contributed by atoms with Gasteiger partial charge in [0.15, 0.2) is 0 Å². The molecular formula is C9H19N3O2. The third kappa shape index (κ3) is 4.04. The van der Waals surface area contributed by atoms with E-state index < -0.39 is 0 Å². The number of hydrogen-bond donors (Lipinski definition) is 3. The lowest BCUT2D eigenvalue weighted by molar-refractivity contribution is -0.126. The number of hydrogen-bond acceptors (Lipinski definition) is 4. The van der Waals surface area contributed by atoms with E-state index in [0.29, 0.717) is 19.8 Å². The Morgan fingerprint density at radius 3 is 2.93 bits per heavy atom. The van der Waals surface area contributed by atoms with Crippen LogP contribution in [0.15, 0.2) is 0 Å². The monoisotopic (exact) mass is 201 g/mol. The van der Waals surface area contributed by atoms with Crippen molar-refractivity contribution in [2.24, 2.45) is 5.73 Å². The van der Waals surface area contributed by atoms with Gasteiger partial charge < -0.3 is 21.1 Å². The van der Waals surface area contributed by atoms with Gasteiger partial charge in [-0.25, -0.2) is 0 Å². The highest BCUT2D eigenvalue weighted by Crippen LogP contribution is 1.96. The van der Waals surface area contributed by atoms with Gasteiger partial charge in [0.1, 0.15) is 6.04 Å². The number of carbonyl (C=O) groups is 1. The van der Waals surface area contributed by atoms with Crippen LogP contribution in [-0.2, 0) is 9.53 Å². The summed E-state index contributed by atoms with van der Waals surface area (Å²) in [5.74, 6) is -0.0387. The van der Waals surface area contributed by atoms with Gasteiger partial charge in [-0.1, -0.05) is 0 Å². The number of nitrogens with one attached hydrogen (secondary N) is 2. The van der Waals surface area contributed by atoms with E-state index in [0.717, 1.165) is 6.54 Å². The third-order valence-corrected chi connectivity index (χ3v) is 1.96. The van der Waals surface area contributed by atoms with Gasteiger partial charge in [0.25, 0.3) is 0 Å². The van der Waals surface area contributed by atoms with Crippen molar-refractivity contribution in [1.29, 1.82) is 0 Å². The molecule has 1 heterocycles. The number of carbonyl (C=O) groups excluding carboxylic acids is 1. The van der Waals surface area contributed by atoms with Gasteiger partial charge >= 0.3 is 0 Å². The van der Waals surface area contributed by atoms with Crippen molar-refractivity contribution in [3.05, 3.63) is 0 Å². The Kier molecular flexibility index (Phi) is 3.86. The Morgan fingerprint density at radius 2 is 2.43 bits per heavy atom. The van der Waals surface area contributed by atoms with E-state index >= 15 is 0 Å². The summed E-state index contributed by atoms with van der Waals surface area (Å²) in [6.07, 6.45) is 0. The molecule has 1 saturated heterocycles. The van der Waals surface area contributed by atoms with Crippen molar-refractivity contribution in [2.75, 3.05) is 26.3 Å². The molecule has 5 nitrogen and oxygen atoms in total. The minimum atomic E-state index is -0.370. The number of nitrogens with two attached hydrogens (primary N) is 1. The van der Waals surface area contributed by atoms with E-state index in [9.17, 15) is 4.79 Å². The van der Waals surface area contributed by atoms with E-state index in [-0.39, 0.29) is 17.5 Å². The molecule has 0 saturated carbocycles. The molecule has 0 spiro atoms. The van der Waals surface area contributed by atoms with Crippen LogP contribution < -0.4 is 16.4 Å². The van der Waals surface area contributed by atoms with E-state index in [1.54, 1.807) is 0 Å². The van der Waals surface area contributed by atoms with Crippen LogP contribution in [0.1, 0.15) is 13.8 Å². The molecule has 1 atom stereocenters. The van der Waals surface area contributed by atoms with Gasteiger partial charge in [-0.05, 0) is 13.8 Å². The predicted octanol–water partition coefficient (Wildman–Crippen LogP) is -1.17. The molecule has 1 rings (SSSR count). The molecule has 4 N–H and O–H groups in total. The average molecular weight is 201 g/mol. The molecule has 0 bridgehead atoms. The summed E-state index contributed by atoms with van der Waals surface area (Å²) >= 11 is 0. The lowest BCUT2D eigenvalue weighted by atomic mass is 10.1. The molecule has 0 aromatic rings. The maximum absolute atomic E-state index is 11.5. The second kappa shape index (κ2) is 4.72. The number of amides is 1. The molecule has 1 aliphatic rings. The SMILES string of the molecule is CC(C)(N)CNC(=O)[C@H]1COCCN1. The van der Waals surface area contributed by atoms with Gasteiger partial charge in [-0.2, -0.15) is 0 Å². The summed E-state index contributed by atoms with van der Waals surface area (Å²) in [6.45, 7) is 6.06. The first kappa shape index (κ1) is 11.4. The van der Waals surface area contributed by atoms with Crippen molar-refractivity contribution in [1.82, 2.24) is 10.6 Å². The molecule has 0 radical (unpaired) electrons. The highest BCUT2D eigenvalue weighted by Gasteiger charge is 2.22. The maximum Gasteiger partial charge on any atom is 0.239 e. The summed E-state index contributed by atoms with van der Waals surface area (Å²) < 4.78 is 5.18. The fraction of sp³-hybridized carbons (Fsp3) is 0.889. The average Bonchev–Trinajstić information content (AvgIpc) is 2.14.